The molecule has 0 spiro atoms. The Balaban J connectivity index is 5.84. The van der Waals surface area contributed by atoms with Crippen molar-refractivity contribution in [1.29, 1.82) is 0 Å². The van der Waals surface area contributed by atoms with Gasteiger partial charge in [0.1, 0.15) is 17.4 Å². The second-order valence-corrected chi connectivity index (χ2v) is 7.67. The fourth-order valence-electron chi connectivity index (χ4n) is 2.36. The van der Waals surface area contributed by atoms with Crippen LogP contribution in [0.1, 0.15) is 40.5 Å². The Morgan fingerprint density at radius 1 is 1.15 bits per heavy atom. The highest BCUT2D eigenvalue weighted by atomic mass is 19.4. The van der Waals surface area contributed by atoms with Gasteiger partial charge in [-0.3, -0.25) is 19.9 Å². The summed E-state index contributed by atoms with van der Waals surface area (Å²) in [7, 11) is 2.05. The predicted molar refractivity (Wildman–Crippen MR) is 116 cm³/mol. The molecule has 0 bridgehead atoms. The van der Waals surface area contributed by atoms with Gasteiger partial charge < -0.3 is 19.5 Å². The third-order valence-corrected chi connectivity index (χ3v) is 3.72. The number of carbonyl (C=O) groups is 4. The summed E-state index contributed by atoms with van der Waals surface area (Å²) in [5.41, 5.74) is -4.07. The molecule has 0 aromatic heterocycles. The molecule has 0 rings (SSSR count). The van der Waals surface area contributed by atoms with E-state index in [1.165, 1.54) is 6.92 Å². The van der Waals surface area contributed by atoms with Crippen LogP contribution in [0.2, 0.25) is 0 Å². The fraction of sp³-hybridized carbons (Fsp3) is 0.571. The van der Waals surface area contributed by atoms with E-state index in [4.69, 9.17) is 9.47 Å². The Hall–Kier alpha value is -3.38. The van der Waals surface area contributed by atoms with Crippen molar-refractivity contribution in [2.75, 3.05) is 20.8 Å². The molecule has 1 atom stereocenters. The summed E-state index contributed by atoms with van der Waals surface area (Å²) in [4.78, 5) is 51.4. The van der Waals surface area contributed by atoms with Crippen molar-refractivity contribution in [3.63, 3.8) is 0 Å². The van der Waals surface area contributed by atoms with Gasteiger partial charge in [0.25, 0.3) is 5.91 Å². The van der Waals surface area contributed by atoms with Gasteiger partial charge in [-0.05, 0) is 40.2 Å². The smallest absolute Gasteiger partial charge is 0.418 e. The van der Waals surface area contributed by atoms with Crippen LogP contribution in [0, 0.1) is 0 Å². The van der Waals surface area contributed by atoms with Gasteiger partial charge in [-0.1, -0.05) is 6.58 Å². The highest BCUT2D eigenvalue weighted by Gasteiger charge is 2.40. The van der Waals surface area contributed by atoms with Gasteiger partial charge in [0.15, 0.2) is 0 Å². The Bertz CT molecular complexity index is 844. The monoisotopic (exact) mass is 493 g/mol. The molecule has 0 aliphatic carbocycles. The van der Waals surface area contributed by atoms with Crippen LogP contribution in [0.25, 0.3) is 0 Å². The lowest BCUT2D eigenvalue weighted by Crippen LogP contribution is -2.46. The second kappa shape index (κ2) is 13.4. The molecule has 0 saturated heterocycles. The van der Waals surface area contributed by atoms with Crippen molar-refractivity contribution in [3.8, 4) is 0 Å². The van der Waals surface area contributed by atoms with Crippen LogP contribution in [0.4, 0.5) is 18.0 Å². The van der Waals surface area contributed by atoms with E-state index in [0.717, 1.165) is 14.2 Å². The third kappa shape index (κ3) is 11.5. The molecule has 0 unspecified atom stereocenters. The van der Waals surface area contributed by atoms with Crippen LogP contribution in [0.3, 0.4) is 0 Å². The molecule has 0 heterocycles. The van der Waals surface area contributed by atoms with Gasteiger partial charge in [0, 0.05) is 19.2 Å². The van der Waals surface area contributed by atoms with Crippen LogP contribution < -0.4 is 10.6 Å². The number of nitrogens with one attached hydrogen (secondary N) is 2. The number of nitrogens with zero attached hydrogens (tertiary/aromatic N) is 1. The lowest BCUT2D eigenvalue weighted by molar-refractivity contribution is -0.147. The van der Waals surface area contributed by atoms with Crippen LogP contribution in [0.5, 0.6) is 0 Å². The standard InChI is InChI=1S/C21H30F3N3O7/c1-8-33-18(30)14(9-10-15(28)32-7)27-17(29)16(25-6)13(21(22,23)24)11-12(2)26-19(31)34-20(3,4)5/h11,14H,2,8-10H2,1,3-7H3,(H,26,31)(H,27,29)/b13-11+,25-16?/t14-/m0/s1. The first-order chi connectivity index (χ1) is 15.5. The van der Waals surface area contributed by atoms with E-state index in [2.05, 4.69) is 21.6 Å². The van der Waals surface area contributed by atoms with E-state index >= 15 is 0 Å². The zero-order valence-electron chi connectivity index (χ0n) is 19.9. The van der Waals surface area contributed by atoms with Crippen molar-refractivity contribution < 1.29 is 46.6 Å². The average molecular weight is 493 g/mol. The predicted octanol–water partition coefficient (Wildman–Crippen LogP) is 2.59. The number of carbonyl (C=O) groups excluding carboxylic acids is 4. The Kier molecular flexibility index (Phi) is 12.0. The first kappa shape index (κ1) is 30.6. The topological polar surface area (TPSA) is 132 Å². The number of alkyl carbamates (subject to hydrolysis) is 1. The molecule has 2 N–H and O–H groups in total. The fourth-order valence-corrected chi connectivity index (χ4v) is 2.36. The summed E-state index contributed by atoms with van der Waals surface area (Å²) < 4.78 is 55.4. The zero-order chi connectivity index (χ0) is 26.7. The third-order valence-electron chi connectivity index (χ3n) is 3.72. The maximum Gasteiger partial charge on any atom is 0.418 e. The van der Waals surface area contributed by atoms with E-state index < -0.39 is 58.7 Å². The molecule has 0 aliphatic rings. The molecule has 0 aromatic carbocycles. The Morgan fingerprint density at radius 3 is 2.18 bits per heavy atom. The number of esters is 2. The van der Waals surface area contributed by atoms with Crippen LogP contribution >= 0.6 is 0 Å². The highest BCUT2D eigenvalue weighted by Crippen LogP contribution is 2.28. The van der Waals surface area contributed by atoms with E-state index in [9.17, 15) is 32.3 Å². The molecular weight excluding hydrogens is 463 g/mol. The quantitative estimate of drug-likeness (QED) is 0.207. The number of hydrogen-bond donors (Lipinski definition) is 2. The molecule has 10 nitrogen and oxygen atoms in total. The molecule has 0 aromatic rings. The average Bonchev–Trinajstić information content (AvgIpc) is 2.68. The van der Waals surface area contributed by atoms with Crippen LogP contribution in [-0.4, -0.2) is 68.2 Å². The summed E-state index contributed by atoms with van der Waals surface area (Å²) >= 11 is 0. The number of alkyl halides is 3. The molecule has 0 saturated carbocycles. The minimum Gasteiger partial charge on any atom is -0.469 e. The van der Waals surface area contributed by atoms with Crippen molar-refractivity contribution in [2.24, 2.45) is 4.99 Å². The summed E-state index contributed by atoms with van der Waals surface area (Å²) in [6.07, 6.45) is -6.33. The summed E-state index contributed by atoms with van der Waals surface area (Å²) in [6.45, 7) is 9.41. The molecule has 2 amide bonds. The van der Waals surface area contributed by atoms with Crippen LogP contribution in [-0.2, 0) is 28.6 Å². The Labute approximate surface area is 195 Å². The zero-order valence-corrected chi connectivity index (χ0v) is 19.9. The first-order valence-corrected chi connectivity index (χ1v) is 10.0. The second-order valence-electron chi connectivity index (χ2n) is 7.67. The SMILES string of the molecule is C=C(/C=C(\C(=NC)C(=O)N[C@@H](CCC(=O)OC)C(=O)OCC)C(F)(F)F)NC(=O)OC(C)(C)C. The van der Waals surface area contributed by atoms with Crippen molar-refractivity contribution in [1.82, 2.24) is 10.6 Å². The highest BCUT2D eigenvalue weighted by molar-refractivity contribution is 6.46. The number of rotatable bonds is 10. The number of ether oxygens (including phenoxy) is 3. The normalized spacial score (nSPS) is 13.4. The van der Waals surface area contributed by atoms with Crippen LogP contribution in [0.15, 0.2) is 28.9 Å². The minimum absolute atomic E-state index is 0.0674. The molecule has 13 heteroatoms. The lowest BCUT2D eigenvalue weighted by Gasteiger charge is -2.21. The molecule has 0 radical (unpaired) electrons. The summed E-state index contributed by atoms with van der Waals surface area (Å²) in [5, 5.41) is 4.12. The summed E-state index contributed by atoms with van der Waals surface area (Å²) in [5.74, 6) is -3.02. The van der Waals surface area contributed by atoms with Gasteiger partial charge >= 0.3 is 24.2 Å². The Morgan fingerprint density at radius 2 is 1.74 bits per heavy atom. The molecule has 192 valence electrons. The minimum atomic E-state index is -5.09. The van der Waals surface area contributed by atoms with Crippen molar-refractivity contribution >= 4 is 29.7 Å². The number of methoxy groups -OCH3 is 1. The number of hydrogen-bond acceptors (Lipinski definition) is 8. The molecule has 34 heavy (non-hydrogen) atoms. The van der Waals surface area contributed by atoms with Gasteiger partial charge in [-0.15, -0.1) is 0 Å². The van der Waals surface area contributed by atoms with Gasteiger partial charge in [0.05, 0.1) is 19.3 Å². The van der Waals surface area contributed by atoms with E-state index in [1.54, 1.807) is 20.8 Å². The maximum atomic E-state index is 13.7. The van der Waals surface area contributed by atoms with Gasteiger partial charge in [-0.2, -0.15) is 13.2 Å². The van der Waals surface area contributed by atoms with E-state index in [-0.39, 0.29) is 19.4 Å². The van der Waals surface area contributed by atoms with E-state index in [1.807, 2.05) is 5.32 Å². The largest absolute Gasteiger partial charge is 0.469 e. The number of allylic oxidation sites excluding steroid dienone is 1. The van der Waals surface area contributed by atoms with E-state index in [0.29, 0.717) is 6.08 Å². The number of halogens is 3. The lowest BCUT2D eigenvalue weighted by atomic mass is 10.1. The van der Waals surface area contributed by atoms with Gasteiger partial charge in [0.2, 0.25) is 0 Å². The van der Waals surface area contributed by atoms with Crippen molar-refractivity contribution in [2.45, 2.75) is 58.4 Å². The van der Waals surface area contributed by atoms with Crippen molar-refractivity contribution in [3.05, 3.63) is 23.9 Å². The molecule has 0 fully saturated rings. The number of aliphatic imine (C=N–C) groups is 1. The van der Waals surface area contributed by atoms with Gasteiger partial charge in [-0.25, -0.2) is 9.59 Å². The molecular formula is C21H30F3N3O7. The molecule has 0 aliphatic heterocycles. The summed E-state index contributed by atoms with van der Waals surface area (Å²) in [6, 6.07) is -1.44. The maximum absolute atomic E-state index is 13.7. The first-order valence-electron chi connectivity index (χ1n) is 10.0. The number of amides is 2.